The molecule has 3 heteroatoms. The summed E-state index contributed by atoms with van der Waals surface area (Å²) < 4.78 is 0. The molecule has 0 fully saturated rings. The van der Waals surface area contributed by atoms with Gasteiger partial charge in [-0.3, -0.25) is 4.79 Å². The number of alkyl halides is 1. The van der Waals surface area contributed by atoms with Crippen LogP contribution in [0.4, 0.5) is 5.69 Å². The molecular formula is C26H22ClNO. The zero-order chi connectivity index (χ0) is 20.3. The van der Waals surface area contributed by atoms with Crippen molar-refractivity contribution in [2.75, 3.05) is 5.32 Å². The Kier molecular flexibility index (Phi) is 5.37. The van der Waals surface area contributed by atoms with Gasteiger partial charge in [0, 0.05) is 22.5 Å². The maximum atomic E-state index is 12.9. The summed E-state index contributed by atoms with van der Waals surface area (Å²) in [5.41, 5.74) is 4.80. The van der Waals surface area contributed by atoms with Crippen molar-refractivity contribution in [3.05, 3.63) is 114 Å². The Morgan fingerprint density at radius 3 is 2.21 bits per heavy atom. The van der Waals surface area contributed by atoms with Gasteiger partial charge in [0.05, 0.1) is 10.8 Å². The van der Waals surface area contributed by atoms with Crippen LogP contribution < -0.4 is 5.32 Å². The molecule has 1 N–H and O–H groups in total. The van der Waals surface area contributed by atoms with Crippen LogP contribution in [0.2, 0.25) is 0 Å². The van der Waals surface area contributed by atoms with E-state index in [9.17, 15) is 4.79 Å². The van der Waals surface area contributed by atoms with Gasteiger partial charge >= 0.3 is 0 Å². The lowest BCUT2D eigenvalue weighted by atomic mass is 9.82. The van der Waals surface area contributed by atoms with E-state index in [1.807, 2.05) is 91.9 Å². The van der Waals surface area contributed by atoms with Crippen molar-refractivity contribution >= 4 is 23.1 Å². The minimum Gasteiger partial charge on any atom is -0.355 e. The number of para-hydroxylation sites is 1. The second-order valence-electron chi connectivity index (χ2n) is 7.35. The Balaban J connectivity index is 1.59. The minimum absolute atomic E-state index is 0.0272. The van der Waals surface area contributed by atoms with Gasteiger partial charge in [-0.05, 0) is 30.7 Å². The van der Waals surface area contributed by atoms with Gasteiger partial charge in [-0.15, -0.1) is 11.6 Å². The fraction of sp³-hybridized carbons (Fsp3) is 0.115. The van der Waals surface area contributed by atoms with Crippen LogP contribution in [0.15, 0.2) is 109 Å². The Labute approximate surface area is 176 Å². The fourth-order valence-corrected chi connectivity index (χ4v) is 3.94. The number of hydrogen-bond acceptors (Lipinski definition) is 2. The number of ketones is 1. The molecule has 1 aliphatic carbocycles. The van der Waals surface area contributed by atoms with E-state index in [0.717, 1.165) is 22.5 Å². The first-order valence-corrected chi connectivity index (χ1v) is 10.0. The van der Waals surface area contributed by atoms with Gasteiger partial charge in [0.1, 0.15) is 0 Å². The van der Waals surface area contributed by atoms with Crippen molar-refractivity contribution in [1.82, 2.24) is 0 Å². The molecule has 2 atom stereocenters. The van der Waals surface area contributed by atoms with Gasteiger partial charge < -0.3 is 5.32 Å². The van der Waals surface area contributed by atoms with Crippen LogP contribution in [0.25, 0.3) is 11.1 Å². The topological polar surface area (TPSA) is 29.1 Å². The van der Waals surface area contributed by atoms with Crippen LogP contribution in [0, 0.1) is 5.92 Å². The van der Waals surface area contributed by atoms with E-state index in [-0.39, 0.29) is 5.78 Å². The molecule has 2 unspecified atom stereocenters. The molecule has 4 rings (SSSR count). The summed E-state index contributed by atoms with van der Waals surface area (Å²) in [6.45, 7) is 1.88. The predicted octanol–water partition coefficient (Wildman–Crippen LogP) is 6.72. The average molecular weight is 400 g/mol. The molecule has 0 aliphatic heterocycles. The molecule has 0 aromatic heterocycles. The molecule has 0 spiro atoms. The lowest BCUT2D eigenvalue weighted by molar-refractivity contribution is 0.0932. The Morgan fingerprint density at radius 1 is 0.897 bits per heavy atom. The summed E-state index contributed by atoms with van der Waals surface area (Å²) in [6.07, 6.45) is 5.77. The maximum absolute atomic E-state index is 12.9. The molecule has 0 saturated heterocycles. The van der Waals surface area contributed by atoms with E-state index in [1.54, 1.807) is 0 Å². The van der Waals surface area contributed by atoms with Gasteiger partial charge in [0.15, 0.2) is 5.78 Å². The van der Waals surface area contributed by atoms with E-state index in [2.05, 4.69) is 23.5 Å². The number of anilines is 1. The highest BCUT2D eigenvalue weighted by molar-refractivity contribution is 6.28. The number of allylic oxidation sites excluding steroid dienone is 3. The van der Waals surface area contributed by atoms with Gasteiger partial charge in [0.2, 0.25) is 0 Å². The molecule has 3 aromatic carbocycles. The quantitative estimate of drug-likeness (QED) is 0.381. The standard InChI is InChI=1S/C26H22ClNO/c1-26(27)18-21(16-17-23(26)25(29)20-12-6-3-7-13-20)28-24-15-9-8-14-22(24)19-10-4-2-5-11-19/h2-18,23,28H,1H3. The summed E-state index contributed by atoms with van der Waals surface area (Å²) in [5, 5.41) is 3.48. The van der Waals surface area contributed by atoms with Gasteiger partial charge in [-0.2, -0.15) is 0 Å². The van der Waals surface area contributed by atoms with Crippen LogP contribution in [0.3, 0.4) is 0 Å². The van der Waals surface area contributed by atoms with Gasteiger partial charge in [0.25, 0.3) is 0 Å². The first-order valence-electron chi connectivity index (χ1n) is 9.65. The molecule has 0 amide bonds. The number of halogens is 1. The maximum Gasteiger partial charge on any atom is 0.171 e. The van der Waals surface area contributed by atoms with E-state index in [0.29, 0.717) is 5.56 Å². The molecule has 0 saturated carbocycles. The van der Waals surface area contributed by atoms with Crippen LogP contribution in [-0.4, -0.2) is 10.7 Å². The van der Waals surface area contributed by atoms with Crippen LogP contribution in [0.1, 0.15) is 17.3 Å². The Bertz CT molecular complexity index is 1070. The molecule has 0 bridgehead atoms. The minimum atomic E-state index is -0.814. The monoisotopic (exact) mass is 399 g/mol. The van der Waals surface area contributed by atoms with E-state index in [1.165, 1.54) is 0 Å². The zero-order valence-electron chi connectivity index (χ0n) is 16.2. The number of carbonyl (C=O) groups is 1. The SMILES string of the molecule is CC1(Cl)C=C(Nc2ccccc2-c2ccccc2)C=CC1C(=O)c1ccccc1. The molecule has 1 aliphatic rings. The largest absolute Gasteiger partial charge is 0.355 e. The third-order valence-corrected chi connectivity index (χ3v) is 5.49. The Hall–Kier alpha value is -3.10. The van der Waals surface area contributed by atoms with Crippen molar-refractivity contribution in [3.63, 3.8) is 0 Å². The second-order valence-corrected chi connectivity index (χ2v) is 8.17. The summed E-state index contributed by atoms with van der Waals surface area (Å²) in [5.74, 6) is -0.388. The fourth-order valence-electron chi connectivity index (χ4n) is 3.65. The Morgan fingerprint density at radius 2 is 1.52 bits per heavy atom. The number of nitrogens with one attached hydrogen (secondary N) is 1. The van der Waals surface area contributed by atoms with Crippen molar-refractivity contribution in [2.24, 2.45) is 5.92 Å². The molecule has 29 heavy (non-hydrogen) atoms. The lowest BCUT2D eigenvalue weighted by Gasteiger charge is -2.30. The summed E-state index contributed by atoms with van der Waals surface area (Å²) in [6, 6.07) is 27.7. The number of hydrogen-bond donors (Lipinski definition) is 1. The first kappa shape index (κ1) is 19.2. The molecular weight excluding hydrogens is 378 g/mol. The van der Waals surface area contributed by atoms with Crippen LogP contribution in [-0.2, 0) is 0 Å². The number of rotatable bonds is 5. The smallest absolute Gasteiger partial charge is 0.171 e. The molecule has 3 aromatic rings. The van der Waals surface area contributed by atoms with Crippen LogP contribution >= 0.6 is 11.6 Å². The van der Waals surface area contributed by atoms with Crippen molar-refractivity contribution in [3.8, 4) is 11.1 Å². The summed E-state index contributed by atoms with van der Waals surface area (Å²) in [7, 11) is 0. The van der Waals surface area contributed by atoms with E-state index in [4.69, 9.17) is 11.6 Å². The highest BCUT2D eigenvalue weighted by Gasteiger charge is 2.36. The van der Waals surface area contributed by atoms with Crippen molar-refractivity contribution < 1.29 is 4.79 Å². The highest BCUT2D eigenvalue weighted by atomic mass is 35.5. The zero-order valence-corrected chi connectivity index (χ0v) is 16.9. The van der Waals surface area contributed by atoms with Gasteiger partial charge in [-0.1, -0.05) is 84.9 Å². The highest BCUT2D eigenvalue weighted by Crippen LogP contribution is 2.37. The summed E-state index contributed by atoms with van der Waals surface area (Å²) >= 11 is 6.81. The molecule has 0 heterocycles. The molecule has 144 valence electrons. The molecule has 2 nitrogen and oxygen atoms in total. The average Bonchev–Trinajstić information content (AvgIpc) is 2.74. The normalized spacial score (nSPS) is 20.8. The van der Waals surface area contributed by atoms with Crippen LogP contribution in [0.5, 0.6) is 0 Å². The first-order chi connectivity index (χ1) is 14.0. The lowest BCUT2D eigenvalue weighted by Crippen LogP contribution is -2.34. The van der Waals surface area contributed by atoms with E-state index < -0.39 is 10.8 Å². The van der Waals surface area contributed by atoms with E-state index >= 15 is 0 Å². The van der Waals surface area contributed by atoms with Crippen molar-refractivity contribution in [1.29, 1.82) is 0 Å². The summed E-state index contributed by atoms with van der Waals surface area (Å²) in [4.78, 5) is 12.1. The van der Waals surface area contributed by atoms with Gasteiger partial charge in [-0.25, -0.2) is 0 Å². The number of benzene rings is 3. The van der Waals surface area contributed by atoms with Crippen molar-refractivity contribution in [2.45, 2.75) is 11.8 Å². The predicted molar refractivity (Wildman–Crippen MR) is 121 cm³/mol. The molecule has 0 radical (unpaired) electrons. The number of carbonyl (C=O) groups excluding carboxylic acids is 1. The number of Topliss-reactive ketones (excluding diaryl/α,β-unsaturated/α-hetero) is 1. The third-order valence-electron chi connectivity index (χ3n) is 5.15. The third kappa shape index (κ3) is 4.18. The second kappa shape index (κ2) is 8.10.